The lowest BCUT2D eigenvalue weighted by atomic mass is 9.85. The third-order valence-electron chi connectivity index (χ3n) is 3.02. The zero-order chi connectivity index (χ0) is 11.2. The van der Waals surface area contributed by atoms with Gasteiger partial charge in [0.2, 0.25) is 0 Å². The van der Waals surface area contributed by atoms with Gasteiger partial charge in [-0.2, -0.15) is 5.10 Å². The van der Waals surface area contributed by atoms with Gasteiger partial charge in [0.1, 0.15) is 0 Å². The fraction of sp³-hybridized carbons (Fsp3) is 0.600. The Morgan fingerprint density at radius 3 is 2.87 bits per heavy atom. The highest BCUT2D eigenvalue weighted by molar-refractivity contribution is 5.71. The SMILES string of the molecule is Cc1nn(C)c2c1C(O)CC(C(=O)O)C2. The van der Waals surface area contributed by atoms with Crippen LogP contribution in [0.1, 0.15) is 29.5 Å². The number of carboxylic acids is 1. The van der Waals surface area contributed by atoms with Crippen molar-refractivity contribution in [1.29, 1.82) is 0 Å². The zero-order valence-corrected chi connectivity index (χ0v) is 8.77. The molecule has 1 heterocycles. The molecule has 0 amide bonds. The summed E-state index contributed by atoms with van der Waals surface area (Å²) in [4.78, 5) is 10.9. The Balaban J connectivity index is 2.43. The fourth-order valence-corrected chi connectivity index (χ4v) is 2.29. The van der Waals surface area contributed by atoms with Crippen LogP contribution in [0.25, 0.3) is 0 Å². The highest BCUT2D eigenvalue weighted by Crippen LogP contribution is 2.34. The van der Waals surface area contributed by atoms with E-state index in [1.807, 2.05) is 6.92 Å². The van der Waals surface area contributed by atoms with Gasteiger partial charge < -0.3 is 10.2 Å². The highest BCUT2D eigenvalue weighted by Gasteiger charge is 2.33. The van der Waals surface area contributed by atoms with Crippen LogP contribution in [0.3, 0.4) is 0 Å². The molecule has 1 aliphatic carbocycles. The van der Waals surface area contributed by atoms with E-state index in [1.165, 1.54) is 0 Å². The number of aliphatic hydroxyl groups excluding tert-OH is 1. The maximum atomic E-state index is 10.9. The Hall–Kier alpha value is -1.36. The summed E-state index contributed by atoms with van der Waals surface area (Å²) < 4.78 is 1.67. The van der Waals surface area contributed by atoms with E-state index in [-0.39, 0.29) is 6.42 Å². The molecule has 2 rings (SSSR count). The molecule has 0 saturated carbocycles. The number of carbonyl (C=O) groups is 1. The van der Waals surface area contributed by atoms with E-state index in [0.717, 1.165) is 17.0 Å². The second kappa shape index (κ2) is 3.34. The average Bonchev–Trinajstić information content (AvgIpc) is 2.42. The van der Waals surface area contributed by atoms with Gasteiger partial charge in [-0.15, -0.1) is 0 Å². The van der Waals surface area contributed by atoms with Crippen LogP contribution in [0.15, 0.2) is 0 Å². The summed E-state index contributed by atoms with van der Waals surface area (Å²) in [6, 6.07) is 0. The third-order valence-corrected chi connectivity index (χ3v) is 3.02. The Kier molecular flexibility index (Phi) is 2.26. The molecular weight excluding hydrogens is 196 g/mol. The van der Waals surface area contributed by atoms with Crippen molar-refractivity contribution in [3.63, 3.8) is 0 Å². The van der Waals surface area contributed by atoms with Crippen molar-refractivity contribution < 1.29 is 15.0 Å². The molecule has 82 valence electrons. The van der Waals surface area contributed by atoms with E-state index < -0.39 is 18.0 Å². The lowest BCUT2D eigenvalue weighted by Gasteiger charge is -2.24. The first-order valence-corrected chi connectivity index (χ1v) is 4.94. The van der Waals surface area contributed by atoms with E-state index in [9.17, 15) is 9.90 Å². The number of rotatable bonds is 1. The standard InChI is InChI=1S/C10H14N2O3/c1-5-9-7(12(2)11-5)3-6(10(14)15)4-8(9)13/h6,8,13H,3-4H2,1-2H3,(H,14,15). The van der Waals surface area contributed by atoms with E-state index in [2.05, 4.69) is 5.10 Å². The normalized spacial score (nSPS) is 25.0. The topological polar surface area (TPSA) is 75.3 Å². The van der Waals surface area contributed by atoms with Gasteiger partial charge in [0, 0.05) is 24.7 Å². The zero-order valence-electron chi connectivity index (χ0n) is 8.77. The summed E-state index contributed by atoms with van der Waals surface area (Å²) in [7, 11) is 1.78. The quantitative estimate of drug-likeness (QED) is 0.704. The van der Waals surface area contributed by atoms with Crippen LogP contribution >= 0.6 is 0 Å². The Morgan fingerprint density at radius 1 is 1.60 bits per heavy atom. The smallest absolute Gasteiger partial charge is 0.306 e. The average molecular weight is 210 g/mol. The van der Waals surface area contributed by atoms with Gasteiger partial charge in [0.25, 0.3) is 0 Å². The van der Waals surface area contributed by atoms with Crippen LogP contribution in [0.4, 0.5) is 0 Å². The molecule has 0 bridgehead atoms. The van der Waals surface area contributed by atoms with Crippen LogP contribution in [-0.4, -0.2) is 26.0 Å². The molecule has 2 N–H and O–H groups in total. The Labute approximate surface area is 87.3 Å². The Bertz CT molecular complexity index is 411. The number of aliphatic carboxylic acids is 1. The van der Waals surface area contributed by atoms with Crippen LogP contribution < -0.4 is 0 Å². The summed E-state index contributed by atoms with van der Waals surface area (Å²) in [5.74, 6) is -1.35. The Morgan fingerprint density at radius 2 is 2.27 bits per heavy atom. The molecule has 15 heavy (non-hydrogen) atoms. The molecule has 0 aliphatic heterocycles. The minimum absolute atomic E-state index is 0.287. The van der Waals surface area contributed by atoms with Crippen molar-refractivity contribution in [3.8, 4) is 0 Å². The monoisotopic (exact) mass is 210 g/mol. The minimum atomic E-state index is -0.849. The van der Waals surface area contributed by atoms with Gasteiger partial charge in [-0.05, 0) is 13.3 Å². The maximum Gasteiger partial charge on any atom is 0.306 e. The first-order valence-electron chi connectivity index (χ1n) is 4.94. The molecule has 0 saturated heterocycles. The number of fused-ring (bicyclic) bond motifs is 1. The second-order valence-electron chi connectivity index (χ2n) is 4.06. The number of hydrogen-bond acceptors (Lipinski definition) is 3. The number of aliphatic hydroxyl groups is 1. The highest BCUT2D eigenvalue weighted by atomic mass is 16.4. The first kappa shape index (κ1) is 10.2. The lowest BCUT2D eigenvalue weighted by Crippen LogP contribution is -2.26. The molecule has 5 nitrogen and oxygen atoms in total. The molecule has 5 heteroatoms. The molecular formula is C10H14N2O3. The number of aryl methyl sites for hydroxylation is 2. The summed E-state index contributed by atoms with van der Waals surface area (Å²) >= 11 is 0. The van der Waals surface area contributed by atoms with Gasteiger partial charge in [-0.25, -0.2) is 0 Å². The molecule has 1 aromatic rings. The first-order chi connectivity index (χ1) is 7.00. The molecule has 1 aromatic heterocycles. The maximum absolute atomic E-state index is 10.9. The molecule has 2 atom stereocenters. The van der Waals surface area contributed by atoms with Gasteiger partial charge in [-0.1, -0.05) is 0 Å². The van der Waals surface area contributed by atoms with Crippen LogP contribution in [0.5, 0.6) is 0 Å². The predicted octanol–water partition coefficient (Wildman–Crippen LogP) is 0.409. The molecule has 0 spiro atoms. The predicted molar refractivity (Wildman–Crippen MR) is 52.4 cm³/mol. The molecule has 0 radical (unpaired) electrons. The number of aromatic nitrogens is 2. The third kappa shape index (κ3) is 1.52. The molecule has 0 aromatic carbocycles. The van der Waals surface area contributed by atoms with Gasteiger partial charge in [0.15, 0.2) is 0 Å². The van der Waals surface area contributed by atoms with E-state index in [1.54, 1.807) is 11.7 Å². The lowest BCUT2D eigenvalue weighted by molar-refractivity contribution is -0.143. The fourth-order valence-electron chi connectivity index (χ4n) is 2.29. The number of hydrogen-bond donors (Lipinski definition) is 2. The van der Waals surface area contributed by atoms with Crippen molar-refractivity contribution in [2.24, 2.45) is 13.0 Å². The van der Waals surface area contributed by atoms with Gasteiger partial charge in [0.05, 0.1) is 17.7 Å². The summed E-state index contributed by atoms with van der Waals surface area (Å²) in [6.45, 7) is 1.84. The number of nitrogens with zero attached hydrogens (tertiary/aromatic N) is 2. The van der Waals surface area contributed by atoms with Crippen LogP contribution in [0.2, 0.25) is 0 Å². The largest absolute Gasteiger partial charge is 0.481 e. The summed E-state index contributed by atoms with van der Waals surface area (Å²) in [6.07, 6.45) is 0.0528. The molecule has 1 aliphatic rings. The van der Waals surface area contributed by atoms with E-state index >= 15 is 0 Å². The van der Waals surface area contributed by atoms with Crippen molar-refractivity contribution >= 4 is 5.97 Å². The van der Waals surface area contributed by atoms with Crippen molar-refractivity contribution in [1.82, 2.24) is 9.78 Å². The van der Waals surface area contributed by atoms with Crippen molar-refractivity contribution in [2.75, 3.05) is 0 Å². The summed E-state index contributed by atoms with van der Waals surface area (Å²) in [5.41, 5.74) is 2.46. The van der Waals surface area contributed by atoms with Crippen molar-refractivity contribution in [2.45, 2.75) is 25.9 Å². The van der Waals surface area contributed by atoms with Gasteiger partial charge >= 0.3 is 5.97 Å². The second-order valence-corrected chi connectivity index (χ2v) is 4.06. The molecule has 2 unspecified atom stereocenters. The van der Waals surface area contributed by atoms with Crippen molar-refractivity contribution in [3.05, 3.63) is 17.0 Å². The van der Waals surface area contributed by atoms with Crippen LogP contribution in [-0.2, 0) is 18.3 Å². The number of carboxylic acid groups (broad SMARTS) is 1. The minimum Gasteiger partial charge on any atom is -0.481 e. The van der Waals surface area contributed by atoms with E-state index in [4.69, 9.17) is 5.11 Å². The summed E-state index contributed by atoms with van der Waals surface area (Å²) in [5, 5.41) is 23.0. The van der Waals surface area contributed by atoms with E-state index in [0.29, 0.717) is 6.42 Å². The molecule has 0 fully saturated rings. The van der Waals surface area contributed by atoms with Gasteiger partial charge in [-0.3, -0.25) is 9.48 Å². The van der Waals surface area contributed by atoms with Crippen LogP contribution in [0, 0.1) is 12.8 Å².